The maximum absolute atomic E-state index is 12.2. The fourth-order valence-electron chi connectivity index (χ4n) is 5.68. The highest BCUT2D eigenvalue weighted by atomic mass is 19.4. The topological polar surface area (TPSA) is 47.3 Å². The van der Waals surface area contributed by atoms with Gasteiger partial charge >= 0.3 is 6.18 Å². The first kappa shape index (κ1) is 37.1. The third-order valence-electron chi connectivity index (χ3n) is 8.27. The molecule has 3 nitrogen and oxygen atoms in total. The first-order valence-corrected chi connectivity index (χ1v) is 17.2. The summed E-state index contributed by atoms with van der Waals surface area (Å²) in [6.07, 6.45) is 14.2. The summed E-state index contributed by atoms with van der Waals surface area (Å²) < 4.78 is 42.7. The van der Waals surface area contributed by atoms with Crippen LogP contribution in [0.5, 0.6) is 5.75 Å². The number of rotatable bonds is 26. The van der Waals surface area contributed by atoms with Crippen LogP contribution in [0.4, 0.5) is 13.2 Å². The summed E-state index contributed by atoms with van der Waals surface area (Å²) in [6.45, 7) is 5.42. The summed E-state index contributed by atoms with van der Waals surface area (Å²) in [4.78, 5) is 0. The van der Waals surface area contributed by atoms with Crippen LogP contribution >= 0.6 is 0 Å². The van der Waals surface area contributed by atoms with Gasteiger partial charge in [0.05, 0.1) is 0 Å². The fourth-order valence-corrected chi connectivity index (χ4v) is 5.68. The molecule has 0 spiro atoms. The molecule has 2 aromatic rings. The van der Waals surface area contributed by atoms with E-state index in [1.807, 2.05) is 6.07 Å². The molecular formula is C37H59F3N2O. The largest absolute Gasteiger partial charge is 0.492 e. The maximum atomic E-state index is 12.2. The summed E-state index contributed by atoms with van der Waals surface area (Å²) >= 11 is 0. The van der Waals surface area contributed by atoms with Crippen LogP contribution < -0.4 is 15.8 Å². The lowest BCUT2D eigenvalue weighted by Crippen LogP contribution is -2.22. The minimum atomic E-state index is -4.01. The van der Waals surface area contributed by atoms with E-state index in [9.17, 15) is 13.2 Å². The summed E-state index contributed by atoms with van der Waals surface area (Å²) in [5, 5.41) is 3.51. The Balaban J connectivity index is 1.64. The van der Waals surface area contributed by atoms with Gasteiger partial charge in [0.1, 0.15) is 12.4 Å². The highest BCUT2D eigenvalue weighted by Crippen LogP contribution is 2.25. The Bertz CT molecular complexity index is 949. The Morgan fingerprint density at radius 1 is 0.721 bits per heavy atom. The van der Waals surface area contributed by atoms with E-state index in [-0.39, 0.29) is 12.3 Å². The molecule has 0 aliphatic heterocycles. The van der Waals surface area contributed by atoms with Crippen molar-refractivity contribution in [2.24, 2.45) is 5.73 Å². The maximum Gasteiger partial charge on any atom is 0.389 e. The molecule has 0 amide bonds. The SMILES string of the molecule is CCCCCCCCCCNCCOc1cccc(C(CN)Cc2cccc(CCCCCCCCCC(F)(F)F)c2)c1. The minimum absolute atomic E-state index is 0.233. The molecule has 1 unspecified atom stereocenters. The van der Waals surface area contributed by atoms with E-state index in [2.05, 4.69) is 54.7 Å². The van der Waals surface area contributed by atoms with E-state index in [0.717, 1.165) is 63.8 Å². The zero-order valence-electron chi connectivity index (χ0n) is 26.9. The van der Waals surface area contributed by atoms with Crippen molar-refractivity contribution < 1.29 is 17.9 Å². The number of benzene rings is 2. The molecule has 244 valence electrons. The third-order valence-corrected chi connectivity index (χ3v) is 8.27. The Kier molecular flexibility index (Phi) is 20.2. The smallest absolute Gasteiger partial charge is 0.389 e. The molecule has 1 atom stereocenters. The van der Waals surface area contributed by atoms with E-state index in [1.165, 1.54) is 68.1 Å². The van der Waals surface area contributed by atoms with Crippen LogP contribution in [0.1, 0.15) is 132 Å². The van der Waals surface area contributed by atoms with E-state index >= 15 is 0 Å². The number of nitrogens with two attached hydrogens (primary N) is 1. The normalized spacial score (nSPS) is 12.5. The molecule has 0 fully saturated rings. The van der Waals surface area contributed by atoms with E-state index < -0.39 is 12.6 Å². The van der Waals surface area contributed by atoms with E-state index in [4.69, 9.17) is 10.5 Å². The zero-order valence-corrected chi connectivity index (χ0v) is 26.9. The second-order valence-electron chi connectivity index (χ2n) is 12.2. The zero-order chi connectivity index (χ0) is 31.0. The van der Waals surface area contributed by atoms with Crippen molar-refractivity contribution in [2.45, 2.75) is 135 Å². The number of unbranched alkanes of at least 4 members (excludes halogenated alkanes) is 13. The Morgan fingerprint density at radius 3 is 2.05 bits per heavy atom. The Hall–Kier alpha value is -2.05. The van der Waals surface area contributed by atoms with Gasteiger partial charge in [-0.25, -0.2) is 0 Å². The molecule has 0 bridgehead atoms. The molecule has 2 rings (SSSR count). The van der Waals surface area contributed by atoms with Gasteiger partial charge in [0.15, 0.2) is 0 Å². The summed E-state index contributed by atoms with van der Waals surface area (Å²) in [6, 6.07) is 17.2. The minimum Gasteiger partial charge on any atom is -0.492 e. The van der Waals surface area contributed by atoms with Crippen LogP contribution in [0.3, 0.4) is 0 Å². The molecule has 0 aliphatic rings. The number of nitrogens with one attached hydrogen (secondary N) is 1. The highest BCUT2D eigenvalue weighted by molar-refractivity contribution is 5.33. The standard InChI is InChI=1S/C37H59F3N2O/c1-2-3-4-5-6-10-13-16-25-42-26-27-43-36-23-18-22-34(30-36)35(31-41)29-33-21-17-20-32(28-33)19-14-11-8-7-9-12-15-24-37(38,39)40/h17-18,20-23,28,30,35,42H,2-16,19,24-27,29,31,41H2,1H3. The number of halogens is 3. The van der Waals surface area contributed by atoms with Crippen molar-refractivity contribution in [3.63, 3.8) is 0 Å². The average Bonchev–Trinajstić information content (AvgIpc) is 2.99. The molecule has 3 N–H and O–H groups in total. The first-order chi connectivity index (χ1) is 20.9. The van der Waals surface area contributed by atoms with Crippen LogP contribution in [-0.2, 0) is 12.8 Å². The number of aryl methyl sites for hydroxylation is 1. The van der Waals surface area contributed by atoms with Crippen LogP contribution in [0, 0.1) is 0 Å². The van der Waals surface area contributed by atoms with Crippen molar-refractivity contribution >= 4 is 0 Å². The average molecular weight is 605 g/mol. The summed E-state index contributed by atoms with van der Waals surface area (Å²) in [5.41, 5.74) is 10.1. The van der Waals surface area contributed by atoms with Gasteiger partial charge in [-0.15, -0.1) is 0 Å². The first-order valence-electron chi connectivity index (χ1n) is 17.2. The van der Waals surface area contributed by atoms with Gasteiger partial charge in [0, 0.05) is 18.9 Å². The van der Waals surface area contributed by atoms with E-state index in [1.54, 1.807) is 0 Å². The lowest BCUT2D eigenvalue weighted by molar-refractivity contribution is -0.135. The van der Waals surface area contributed by atoms with Crippen molar-refractivity contribution in [2.75, 3.05) is 26.2 Å². The summed E-state index contributed by atoms with van der Waals surface area (Å²) in [7, 11) is 0. The van der Waals surface area contributed by atoms with Gasteiger partial charge < -0.3 is 15.8 Å². The monoisotopic (exact) mass is 604 g/mol. The van der Waals surface area contributed by atoms with E-state index in [0.29, 0.717) is 19.6 Å². The lowest BCUT2D eigenvalue weighted by atomic mass is 9.91. The molecule has 0 saturated heterocycles. The quantitative estimate of drug-likeness (QED) is 0.105. The van der Waals surface area contributed by atoms with Gasteiger partial charge in [0.2, 0.25) is 0 Å². The molecule has 0 heterocycles. The predicted molar refractivity (Wildman–Crippen MR) is 176 cm³/mol. The predicted octanol–water partition coefficient (Wildman–Crippen LogP) is 10.3. The van der Waals surface area contributed by atoms with Gasteiger partial charge in [-0.3, -0.25) is 0 Å². The van der Waals surface area contributed by atoms with Gasteiger partial charge in [-0.05, 0) is 74.0 Å². The molecule has 2 aromatic carbocycles. The second kappa shape index (κ2) is 23.3. The number of hydrogen-bond donors (Lipinski definition) is 2. The lowest BCUT2D eigenvalue weighted by Gasteiger charge is -2.17. The van der Waals surface area contributed by atoms with Crippen molar-refractivity contribution in [3.8, 4) is 5.75 Å². The molecule has 43 heavy (non-hydrogen) atoms. The molecule has 0 aromatic heterocycles. The van der Waals surface area contributed by atoms with Crippen LogP contribution in [-0.4, -0.2) is 32.4 Å². The fraction of sp³-hybridized carbons (Fsp3) is 0.676. The van der Waals surface area contributed by atoms with Crippen molar-refractivity contribution in [1.82, 2.24) is 5.32 Å². The Morgan fingerprint density at radius 2 is 1.35 bits per heavy atom. The number of ether oxygens (including phenoxy) is 1. The Labute approximate surface area is 260 Å². The molecule has 0 saturated carbocycles. The number of hydrogen-bond acceptors (Lipinski definition) is 3. The van der Waals surface area contributed by atoms with Gasteiger partial charge in [-0.1, -0.05) is 120 Å². The van der Waals surface area contributed by atoms with Crippen LogP contribution in [0.2, 0.25) is 0 Å². The molecule has 0 aliphatic carbocycles. The number of alkyl halides is 3. The molecular weight excluding hydrogens is 545 g/mol. The van der Waals surface area contributed by atoms with Crippen LogP contribution in [0.15, 0.2) is 48.5 Å². The van der Waals surface area contributed by atoms with Crippen LogP contribution in [0.25, 0.3) is 0 Å². The van der Waals surface area contributed by atoms with Crippen molar-refractivity contribution in [1.29, 1.82) is 0 Å². The van der Waals surface area contributed by atoms with Gasteiger partial charge in [0.25, 0.3) is 0 Å². The third kappa shape index (κ3) is 19.1. The van der Waals surface area contributed by atoms with Crippen molar-refractivity contribution in [3.05, 3.63) is 65.2 Å². The highest BCUT2D eigenvalue weighted by Gasteiger charge is 2.25. The van der Waals surface area contributed by atoms with Gasteiger partial charge in [-0.2, -0.15) is 13.2 Å². The second-order valence-corrected chi connectivity index (χ2v) is 12.2. The summed E-state index contributed by atoms with van der Waals surface area (Å²) in [5.74, 6) is 1.13. The molecule has 6 heteroatoms. The molecule has 0 radical (unpaired) electrons.